The Morgan fingerprint density at radius 2 is 1.70 bits per heavy atom. The lowest BCUT2D eigenvalue weighted by Gasteiger charge is -2.28. The number of hydrogen-bond acceptors (Lipinski definition) is 7. The molecule has 0 aliphatic carbocycles. The molecule has 0 radical (unpaired) electrons. The van der Waals surface area contributed by atoms with Crippen molar-refractivity contribution in [1.29, 1.82) is 0 Å². The van der Waals surface area contributed by atoms with Crippen molar-refractivity contribution >= 4 is 29.2 Å². The zero-order valence-electron chi connectivity index (χ0n) is 23.9. The second-order valence-electron chi connectivity index (χ2n) is 8.95. The standard InChI is InChI=1S/C31H31ClF3NO7/c1-5-42-25-9-7-8-22(29(25)32)30(39)23-16-20(31(33,34)35)11-13-24(23)36(27(37)14-15-28(38)43-6-2)18-19-10-12-21(40-3)17-26(19)41-4/h7-17,30,39H,5-6,18H2,1-4H3/b15-14+. The molecule has 1 N–H and O–H groups in total. The van der Waals surface area contributed by atoms with Crippen molar-refractivity contribution in [2.24, 2.45) is 0 Å². The number of carbonyl (C=O) groups is 2. The molecule has 1 atom stereocenters. The van der Waals surface area contributed by atoms with Crippen molar-refractivity contribution in [3.05, 3.63) is 94.0 Å². The average molecular weight is 622 g/mol. The van der Waals surface area contributed by atoms with E-state index in [1.807, 2.05) is 0 Å². The highest BCUT2D eigenvalue weighted by molar-refractivity contribution is 6.33. The molecule has 1 unspecified atom stereocenters. The van der Waals surface area contributed by atoms with Gasteiger partial charge >= 0.3 is 12.1 Å². The van der Waals surface area contributed by atoms with Gasteiger partial charge in [-0.1, -0.05) is 23.7 Å². The number of anilines is 1. The van der Waals surface area contributed by atoms with E-state index in [9.17, 15) is 27.9 Å². The highest BCUT2D eigenvalue weighted by Gasteiger charge is 2.34. The van der Waals surface area contributed by atoms with Crippen molar-refractivity contribution < 1.29 is 46.8 Å². The first-order valence-electron chi connectivity index (χ1n) is 13.1. The minimum absolute atomic E-state index is 0.00267. The average Bonchev–Trinajstić information content (AvgIpc) is 2.99. The summed E-state index contributed by atoms with van der Waals surface area (Å²) in [4.78, 5) is 26.7. The van der Waals surface area contributed by atoms with Gasteiger partial charge in [-0.15, -0.1) is 0 Å². The van der Waals surface area contributed by atoms with E-state index in [0.717, 1.165) is 35.3 Å². The Labute approximate surface area is 252 Å². The second-order valence-corrected chi connectivity index (χ2v) is 9.33. The van der Waals surface area contributed by atoms with Gasteiger partial charge in [0.05, 0.1) is 50.3 Å². The molecule has 0 aliphatic heterocycles. The van der Waals surface area contributed by atoms with Gasteiger partial charge in [-0.05, 0) is 50.2 Å². The normalized spacial score (nSPS) is 12.1. The monoisotopic (exact) mass is 621 g/mol. The molecular formula is C31H31ClF3NO7. The predicted molar refractivity (Wildman–Crippen MR) is 155 cm³/mol. The number of aliphatic hydroxyl groups excluding tert-OH is 1. The number of aliphatic hydroxyl groups is 1. The zero-order chi connectivity index (χ0) is 31.7. The molecule has 0 heterocycles. The topological polar surface area (TPSA) is 94.5 Å². The molecule has 0 saturated carbocycles. The molecule has 3 aromatic carbocycles. The Morgan fingerprint density at radius 1 is 0.953 bits per heavy atom. The Balaban J connectivity index is 2.25. The van der Waals surface area contributed by atoms with Gasteiger partial charge in [-0.2, -0.15) is 13.2 Å². The number of methoxy groups -OCH3 is 2. The van der Waals surface area contributed by atoms with Crippen LogP contribution in [0.25, 0.3) is 0 Å². The van der Waals surface area contributed by atoms with Crippen LogP contribution in [0.2, 0.25) is 5.02 Å². The zero-order valence-corrected chi connectivity index (χ0v) is 24.7. The number of benzene rings is 3. The van der Waals surface area contributed by atoms with Crippen molar-refractivity contribution in [3.8, 4) is 17.2 Å². The second kappa shape index (κ2) is 14.8. The first kappa shape index (κ1) is 33.3. The van der Waals surface area contributed by atoms with Crippen molar-refractivity contribution in [1.82, 2.24) is 0 Å². The van der Waals surface area contributed by atoms with Crippen LogP contribution in [0, 0.1) is 0 Å². The first-order chi connectivity index (χ1) is 20.4. The number of hydrogen-bond donors (Lipinski definition) is 1. The number of carbonyl (C=O) groups excluding carboxylic acids is 2. The summed E-state index contributed by atoms with van der Waals surface area (Å²) in [6.45, 7) is 3.42. The Kier molecular flexibility index (Phi) is 11.4. The highest BCUT2D eigenvalue weighted by atomic mass is 35.5. The lowest BCUT2D eigenvalue weighted by Crippen LogP contribution is -2.31. The van der Waals surface area contributed by atoms with Crippen molar-refractivity contribution in [2.45, 2.75) is 32.7 Å². The smallest absolute Gasteiger partial charge is 0.416 e. The van der Waals surface area contributed by atoms with E-state index in [-0.39, 0.29) is 47.3 Å². The summed E-state index contributed by atoms with van der Waals surface area (Å²) < 4.78 is 62.6. The van der Waals surface area contributed by atoms with E-state index in [2.05, 4.69) is 0 Å². The number of esters is 1. The number of alkyl halides is 3. The molecule has 8 nitrogen and oxygen atoms in total. The minimum atomic E-state index is -4.76. The molecule has 3 aromatic rings. The SMILES string of the molecule is CCOC(=O)/C=C/C(=O)N(Cc1ccc(OC)cc1OC)c1ccc(C(F)(F)F)cc1C(O)c1cccc(OCC)c1Cl. The summed E-state index contributed by atoms with van der Waals surface area (Å²) >= 11 is 6.49. The van der Waals surface area contributed by atoms with E-state index >= 15 is 0 Å². The fourth-order valence-electron chi connectivity index (χ4n) is 4.22. The number of nitrogens with zero attached hydrogens (tertiary/aromatic N) is 1. The molecular weight excluding hydrogens is 591 g/mol. The Hall–Kier alpha value is -4.22. The summed E-state index contributed by atoms with van der Waals surface area (Å²) in [5.74, 6) is -0.552. The van der Waals surface area contributed by atoms with Crippen LogP contribution < -0.4 is 19.1 Å². The largest absolute Gasteiger partial charge is 0.497 e. The van der Waals surface area contributed by atoms with E-state index in [0.29, 0.717) is 17.1 Å². The molecule has 0 saturated heterocycles. The van der Waals surface area contributed by atoms with E-state index in [1.165, 1.54) is 26.4 Å². The maximum Gasteiger partial charge on any atom is 0.416 e. The van der Waals surface area contributed by atoms with Crippen LogP contribution >= 0.6 is 11.6 Å². The van der Waals surface area contributed by atoms with Crippen LogP contribution in [-0.4, -0.2) is 44.4 Å². The van der Waals surface area contributed by atoms with E-state index < -0.39 is 29.7 Å². The summed E-state index contributed by atoms with van der Waals surface area (Å²) in [5.41, 5.74) is -0.882. The Bertz CT molecular complexity index is 1480. The number of ether oxygens (including phenoxy) is 4. The van der Waals surface area contributed by atoms with Crippen LogP contribution in [0.1, 0.15) is 42.2 Å². The molecule has 3 rings (SSSR count). The fourth-order valence-corrected chi connectivity index (χ4v) is 4.51. The Morgan fingerprint density at radius 3 is 2.33 bits per heavy atom. The summed E-state index contributed by atoms with van der Waals surface area (Å²) in [5, 5.41) is 11.5. The number of amides is 1. The van der Waals surface area contributed by atoms with Crippen LogP contribution in [0.3, 0.4) is 0 Å². The number of rotatable bonds is 12. The van der Waals surface area contributed by atoms with Gasteiger partial charge in [-0.25, -0.2) is 4.79 Å². The van der Waals surface area contributed by atoms with Gasteiger partial charge in [0, 0.05) is 34.9 Å². The lowest BCUT2D eigenvalue weighted by molar-refractivity contribution is -0.138. The maximum atomic E-state index is 13.9. The molecule has 0 aromatic heterocycles. The van der Waals surface area contributed by atoms with Crippen LogP contribution in [0.5, 0.6) is 17.2 Å². The molecule has 0 bridgehead atoms. The van der Waals surface area contributed by atoms with Crippen LogP contribution in [0.15, 0.2) is 66.7 Å². The van der Waals surface area contributed by atoms with Gasteiger partial charge in [0.15, 0.2) is 0 Å². The molecule has 0 spiro atoms. The van der Waals surface area contributed by atoms with Crippen LogP contribution in [-0.2, 0) is 27.0 Å². The molecule has 230 valence electrons. The first-order valence-corrected chi connectivity index (χ1v) is 13.5. The van der Waals surface area contributed by atoms with Gasteiger partial charge in [-0.3, -0.25) is 4.79 Å². The fraction of sp³-hybridized carbons (Fsp3) is 0.290. The summed E-state index contributed by atoms with van der Waals surface area (Å²) in [6, 6.07) is 12.0. The summed E-state index contributed by atoms with van der Waals surface area (Å²) in [6.07, 6.45) is -4.63. The third kappa shape index (κ3) is 8.20. The van der Waals surface area contributed by atoms with Gasteiger partial charge in [0.25, 0.3) is 5.91 Å². The highest BCUT2D eigenvalue weighted by Crippen LogP contribution is 2.41. The summed E-state index contributed by atoms with van der Waals surface area (Å²) in [7, 11) is 2.87. The van der Waals surface area contributed by atoms with E-state index in [4.69, 9.17) is 30.5 Å². The molecule has 1 amide bonds. The number of halogens is 4. The predicted octanol–water partition coefficient (Wildman–Crippen LogP) is 6.51. The molecule has 0 fully saturated rings. The minimum Gasteiger partial charge on any atom is -0.497 e. The maximum absolute atomic E-state index is 13.9. The molecule has 12 heteroatoms. The van der Waals surface area contributed by atoms with Gasteiger partial charge in [0.1, 0.15) is 23.4 Å². The molecule has 43 heavy (non-hydrogen) atoms. The van der Waals surface area contributed by atoms with E-state index in [1.54, 1.807) is 38.1 Å². The third-order valence-corrected chi connectivity index (χ3v) is 6.67. The molecule has 0 aliphatic rings. The van der Waals surface area contributed by atoms with Crippen molar-refractivity contribution in [3.63, 3.8) is 0 Å². The van der Waals surface area contributed by atoms with Crippen LogP contribution in [0.4, 0.5) is 18.9 Å². The third-order valence-electron chi connectivity index (χ3n) is 6.27. The van der Waals surface area contributed by atoms with Gasteiger partial charge in [0.2, 0.25) is 0 Å². The quantitative estimate of drug-likeness (QED) is 0.182. The van der Waals surface area contributed by atoms with Crippen molar-refractivity contribution in [2.75, 3.05) is 32.3 Å². The lowest BCUT2D eigenvalue weighted by atomic mass is 9.96. The van der Waals surface area contributed by atoms with Gasteiger partial charge < -0.3 is 29.0 Å².